The van der Waals surface area contributed by atoms with Crippen LogP contribution in [0, 0.1) is 6.92 Å². The molecule has 34 heavy (non-hydrogen) atoms. The van der Waals surface area contributed by atoms with Gasteiger partial charge in [-0.1, -0.05) is 47.6 Å². The Morgan fingerprint density at radius 1 is 1.24 bits per heavy atom. The quantitative estimate of drug-likeness (QED) is 0.292. The molecule has 0 saturated heterocycles. The van der Waals surface area contributed by atoms with E-state index in [1.165, 1.54) is 18.7 Å². The number of hydrogen-bond donors (Lipinski definition) is 2. The number of para-hydroxylation sites is 1. The van der Waals surface area contributed by atoms with Crippen molar-refractivity contribution in [1.29, 1.82) is 0 Å². The van der Waals surface area contributed by atoms with Crippen LogP contribution in [0.4, 0.5) is 11.4 Å². The van der Waals surface area contributed by atoms with Gasteiger partial charge in [0, 0.05) is 24.8 Å². The fourth-order valence-electron chi connectivity index (χ4n) is 3.14. The smallest absolute Gasteiger partial charge is 0.234 e. The molecule has 0 fully saturated rings. The molecular weight excluding hydrogens is 474 g/mol. The second-order valence-electron chi connectivity index (χ2n) is 7.48. The van der Waals surface area contributed by atoms with Gasteiger partial charge in [0.1, 0.15) is 5.75 Å². The van der Waals surface area contributed by atoms with E-state index in [2.05, 4.69) is 27.4 Å². The molecule has 2 N–H and O–H groups in total. The number of ether oxygens (including phenoxy) is 1. The Hall–Kier alpha value is -3.30. The van der Waals surface area contributed by atoms with Crippen molar-refractivity contribution in [2.75, 3.05) is 16.4 Å². The largest absolute Gasteiger partial charge is 0.481 e. The summed E-state index contributed by atoms with van der Waals surface area (Å²) in [6.07, 6.45) is 1.31. The number of benzene rings is 2. The fraction of sp³-hybridized carbons (Fsp3) is 0.250. The third-order valence-electron chi connectivity index (χ3n) is 4.73. The van der Waals surface area contributed by atoms with Crippen molar-refractivity contribution in [2.45, 2.75) is 38.6 Å². The summed E-state index contributed by atoms with van der Waals surface area (Å²) in [5, 5.41) is 15.2. The van der Waals surface area contributed by atoms with Crippen molar-refractivity contribution in [3.63, 3.8) is 0 Å². The number of carbonyl (C=O) groups excluding carboxylic acids is 2. The van der Waals surface area contributed by atoms with Crippen LogP contribution in [0.15, 0.2) is 60.3 Å². The van der Waals surface area contributed by atoms with Crippen LogP contribution in [0.1, 0.15) is 31.3 Å². The van der Waals surface area contributed by atoms with Gasteiger partial charge in [-0.2, -0.15) is 0 Å². The number of aromatic nitrogens is 3. The van der Waals surface area contributed by atoms with Crippen LogP contribution in [0.2, 0.25) is 5.02 Å². The molecule has 2 aromatic carbocycles. The number of halogens is 1. The lowest BCUT2D eigenvalue weighted by atomic mass is 10.2. The van der Waals surface area contributed by atoms with Crippen molar-refractivity contribution < 1.29 is 14.3 Å². The number of nitrogens with zero attached hydrogens (tertiary/aromatic N) is 3. The van der Waals surface area contributed by atoms with Gasteiger partial charge in [-0.25, -0.2) is 0 Å². The molecule has 0 spiro atoms. The predicted molar refractivity (Wildman–Crippen MR) is 136 cm³/mol. The maximum absolute atomic E-state index is 12.6. The Bertz CT molecular complexity index is 1200. The molecule has 0 aliphatic heterocycles. The van der Waals surface area contributed by atoms with E-state index in [1.54, 1.807) is 30.3 Å². The van der Waals surface area contributed by atoms with E-state index >= 15 is 0 Å². The average molecular weight is 500 g/mol. The second-order valence-corrected chi connectivity index (χ2v) is 8.83. The SMILES string of the molecule is C=CCn1c(SCC(=O)Nc2ccc(C)c(NC(C)=O)c2)nnc1C(C)Oc1ccccc1Cl. The number of thioether (sulfide) groups is 1. The summed E-state index contributed by atoms with van der Waals surface area (Å²) in [5.74, 6) is 0.888. The van der Waals surface area contributed by atoms with Crippen molar-refractivity contribution >= 4 is 46.6 Å². The van der Waals surface area contributed by atoms with E-state index in [4.69, 9.17) is 16.3 Å². The molecule has 3 rings (SSSR count). The van der Waals surface area contributed by atoms with Crippen LogP contribution >= 0.6 is 23.4 Å². The van der Waals surface area contributed by atoms with Gasteiger partial charge < -0.3 is 15.4 Å². The fourth-order valence-corrected chi connectivity index (χ4v) is 4.08. The lowest BCUT2D eigenvalue weighted by Gasteiger charge is -2.16. The molecule has 0 bridgehead atoms. The summed E-state index contributed by atoms with van der Waals surface area (Å²) >= 11 is 7.46. The number of carbonyl (C=O) groups is 2. The molecule has 1 unspecified atom stereocenters. The zero-order valence-electron chi connectivity index (χ0n) is 19.2. The van der Waals surface area contributed by atoms with E-state index in [0.29, 0.717) is 39.7 Å². The maximum atomic E-state index is 12.6. The predicted octanol–water partition coefficient (Wildman–Crippen LogP) is 5.26. The number of nitrogens with one attached hydrogen (secondary N) is 2. The highest BCUT2D eigenvalue weighted by Gasteiger charge is 2.20. The summed E-state index contributed by atoms with van der Waals surface area (Å²) in [6.45, 7) is 9.45. The van der Waals surface area contributed by atoms with Crippen LogP contribution in [-0.2, 0) is 16.1 Å². The van der Waals surface area contributed by atoms with Gasteiger partial charge in [-0.3, -0.25) is 14.2 Å². The standard InChI is InChI=1S/C24H26ClN5O3S/c1-5-12-30-23(16(3)33-21-9-7-6-8-19(21)25)28-29-24(30)34-14-22(32)27-18-11-10-15(2)20(13-18)26-17(4)31/h5-11,13,16H,1,12,14H2,2-4H3,(H,26,31)(H,27,32). The molecule has 2 amide bonds. The van der Waals surface area contributed by atoms with Gasteiger partial charge in [0.25, 0.3) is 0 Å². The van der Waals surface area contributed by atoms with Crippen LogP contribution in [-0.4, -0.2) is 32.3 Å². The molecule has 0 saturated carbocycles. The van der Waals surface area contributed by atoms with Crippen molar-refractivity contribution in [3.8, 4) is 5.75 Å². The van der Waals surface area contributed by atoms with Crippen LogP contribution in [0.5, 0.6) is 5.75 Å². The number of anilines is 2. The number of allylic oxidation sites excluding steroid dienone is 1. The highest BCUT2D eigenvalue weighted by atomic mass is 35.5. The molecule has 1 heterocycles. The van der Waals surface area contributed by atoms with Crippen LogP contribution in [0.25, 0.3) is 0 Å². The first-order chi connectivity index (χ1) is 16.3. The van der Waals surface area contributed by atoms with Crippen molar-refractivity contribution in [1.82, 2.24) is 14.8 Å². The molecular formula is C24H26ClN5O3S. The summed E-state index contributed by atoms with van der Waals surface area (Å²) < 4.78 is 7.83. The molecule has 1 atom stereocenters. The number of aryl methyl sites for hydroxylation is 1. The Morgan fingerprint density at radius 3 is 2.71 bits per heavy atom. The van der Waals surface area contributed by atoms with Gasteiger partial charge in [0.15, 0.2) is 17.1 Å². The van der Waals surface area contributed by atoms with E-state index in [0.717, 1.165) is 5.56 Å². The monoisotopic (exact) mass is 499 g/mol. The molecule has 10 heteroatoms. The molecule has 3 aromatic rings. The Morgan fingerprint density at radius 2 is 2.00 bits per heavy atom. The minimum Gasteiger partial charge on any atom is -0.481 e. The van der Waals surface area contributed by atoms with Gasteiger partial charge in [0.05, 0.1) is 10.8 Å². The van der Waals surface area contributed by atoms with Gasteiger partial charge in [-0.15, -0.1) is 16.8 Å². The third kappa shape index (κ3) is 6.61. The summed E-state index contributed by atoms with van der Waals surface area (Å²) in [6, 6.07) is 12.6. The lowest BCUT2D eigenvalue weighted by molar-refractivity contribution is -0.114. The lowest BCUT2D eigenvalue weighted by Crippen LogP contribution is -2.16. The second kappa shape index (κ2) is 11.7. The van der Waals surface area contributed by atoms with Crippen molar-refractivity contribution in [2.24, 2.45) is 0 Å². The molecule has 0 aliphatic carbocycles. The molecule has 1 aromatic heterocycles. The van der Waals surface area contributed by atoms with Crippen molar-refractivity contribution in [3.05, 3.63) is 71.5 Å². The van der Waals surface area contributed by atoms with Gasteiger partial charge in [0.2, 0.25) is 11.8 Å². The van der Waals surface area contributed by atoms with Gasteiger partial charge >= 0.3 is 0 Å². The molecule has 178 valence electrons. The number of hydrogen-bond acceptors (Lipinski definition) is 6. The topological polar surface area (TPSA) is 98.1 Å². The summed E-state index contributed by atoms with van der Waals surface area (Å²) in [7, 11) is 0. The maximum Gasteiger partial charge on any atom is 0.234 e. The highest BCUT2D eigenvalue weighted by molar-refractivity contribution is 7.99. The normalized spacial score (nSPS) is 11.5. The minimum absolute atomic E-state index is 0.123. The van der Waals surface area contributed by atoms with E-state index in [9.17, 15) is 9.59 Å². The molecule has 0 aliphatic rings. The van der Waals surface area contributed by atoms with E-state index in [1.807, 2.05) is 36.6 Å². The number of amides is 2. The first-order valence-corrected chi connectivity index (χ1v) is 11.9. The zero-order chi connectivity index (χ0) is 24.7. The Kier molecular flexibility index (Phi) is 8.72. The third-order valence-corrected chi connectivity index (χ3v) is 6.00. The first-order valence-electron chi connectivity index (χ1n) is 10.5. The number of rotatable bonds is 10. The van der Waals surface area contributed by atoms with Gasteiger partial charge in [-0.05, 0) is 43.7 Å². The summed E-state index contributed by atoms with van der Waals surface area (Å²) in [4.78, 5) is 23.9. The summed E-state index contributed by atoms with van der Waals surface area (Å²) in [5.41, 5.74) is 2.15. The van der Waals surface area contributed by atoms with Crippen LogP contribution < -0.4 is 15.4 Å². The zero-order valence-corrected chi connectivity index (χ0v) is 20.7. The highest BCUT2D eigenvalue weighted by Crippen LogP contribution is 2.29. The molecule has 8 nitrogen and oxygen atoms in total. The minimum atomic E-state index is -0.421. The van der Waals surface area contributed by atoms with E-state index in [-0.39, 0.29) is 17.6 Å². The molecule has 0 radical (unpaired) electrons. The van der Waals surface area contributed by atoms with E-state index < -0.39 is 6.10 Å². The van der Waals surface area contributed by atoms with Crippen LogP contribution in [0.3, 0.4) is 0 Å². The Labute approximate surface area is 207 Å². The Balaban J connectivity index is 1.67. The first kappa shape index (κ1) is 25.3. The average Bonchev–Trinajstić information content (AvgIpc) is 3.19.